The zero-order valence-corrected chi connectivity index (χ0v) is 18.5. The third-order valence-corrected chi connectivity index (χ3v) is 6.13. The number of amides is 1. The lowest BCUT2D eigenvalue weighted by atomic mass is 10.0. The maximum absolute atomic E-state index is 12.5. The zero-order valence-electron chi connectivity index (χ0n) is 17.7. The standard InChI is InChI=1S/C22H21N5O4S/c1-13-10-14(2)21-18(26-31-19(21)11-13)12-20(28)25-16-4-6-17(7-5-16)32(29,30)27-22-23-9-8-15(3)24-22/h4-11H,12H2,1-3H3,(H,25,28)(H,23,24,27). The van der Waals surface area contributed by atoms with Crippen LogP contribution >= 0.6 is 0 Å². The Morgan fingerprint density at radius 2 is 1.81 bits per heavy atom. The van der Waals surface area contributed by atoms with Crippen molar-refractivity contribution in [2.75, 3.05) is 10.0 Å². The molecule has 0 aliphatic rings. The highest BCUT2D eigenvalue weighted by atomic mass is 32.2. The molecule has 4 rings (SSSR count). The summed E-state index contributed by atoms with van der Waals surface area (Å²) >= 11 is 0. The van der Waals surface area contributed by atoms with Gasteiger partial charge in [0.25, 0.3) is 10.0 Å². The molecule has 32 heavy (non-hydrogen) atoms. The molecule has 0 bridgehead atoms. The molecule has 0 aliphatic heterocycles. The van der Waals surface area contributed by atoms with E-state index in [2.05, 4.69) is 25.2 Å². The van der Waals surface area contributed by atoms with Crippen LogP contribution < -0.4 is 10.0 Å². The minimum atomic E-state index is -3.86. The summed E-state index contributed by atoms with van der Waals surface area (Å²) in [6, 6.07) is 11.4. The molecule has 10 heteroatoms. The number of hydrogen-bond acceptors (Lipinski definition) is 7. The topological polar surface area (TPSA) is 127 Å². The number of rotatable bonds is 6. The minimum Gasteiger partial charge on any atom is -0.356 e. The molecule has 4 aromatic rings. The molecule has 0 saturated heterocycles. The van der Waals surface area contributed by atoms with Crippen LogP contribution in [0.4, 0.5) is 11.6 Å². The number of nitrogens with zero attached hydrogens (tertiary/aromatic N) is 3. The van der Waals surface area contributed by atoms with Crippen molar-refractivity contribution in [3.63, 3.8) is 0 Å². The molecule has 0 spiro atoms. The van der Waals surface area contributed by atoms with Gasteiger partial charge in [-0.1, -0.05) is 11.2 Å². The van der Waals surface area contributed by atoms with Gasteiger partial charge < -0.3 is 9.84 Å². The number of carbonyl (C=O) groups is 1. The quantitative estimate of drug-likeness (QED) is 0.459. The number of anilines is 2. The maximum Gasteiger partial charge on any atom is 0.264 e. The second-order valence-electron chi connectivity index (χ2n) is 7.46. The minimum absolute atomic E-state index is 0.00675. The van der Waals surface area contributed by atoms with Gasteiger partial charge in [0.2, 0.25) is 11.9 Å². The predicted molar refractivity (Wildman–Crippen MR) is 120 cm³/mol. The molecule has 164 valence electrons. The van der Waals surface area contributed by atoms with Crippen LogP contribution in [0.25, 0.3) is 11.0 Å². The van der Waals surface area contributed by atoms with Crippen molar-refractivity contribution in [3.05, 3.63) is 71.2 Å². The van der Waals surface area contributed by atoms with Gasteiger partial charge in [-0.05, 0) is 68.3 Å². The Labute approximate surface area is 184 Å². The Morgan fingerprint density at radius 3 is 2.53 bits per heavy atom. The summed E-state index contributed by atoms with van der Waals surface area (Å²) in [6.45, 7) is 5.65. The van der Waals surface area contributed by atoms with Crippen molar-refractivity contribution in [2.24, 2.45) is 0 Å². The summed E-state index contributed by atoms with van der Waals surface area (Å²) in [5.74, 6) is -0.297. The van der Waals surface area contributed by atoms with Gasteiger partial charge in [0.15, 0.2) is 5.58 Å². The third kappa shape index (κ3) is 4.59. The number of hydrogen-bond donors (Lipinski definition) is 2. The third-order valence-electron chi connectivity index (χ3n) is 4.78. The van der Waals surface area contributed by atoms with Crippen LogP contribution in [0.3, 0.4) is 0 Å². The van der Waals surface area contributed by atoms with E-state index in [0.717, 1.165) is 16.5 Å². The molecule has 0 fully saturated rings. The predicted octanol–water partition coefficient (Wildman–Crippen LogP) is 3.53. The first-order chi connectivity index (χ1) is 15.2. The fourth-order valence-corrected chi connectivity index (χ4v) is 4.34. The Morgan fingerprint density at radius 1 is 1.06 bits per heavy atom. The van der Waals surface area contributed by atoms with Crippen LogP contribution in [0.1, 0.15) is 22.5 Å². The molecule has 0 radical (unpaired) electrons. The molecule has 2 heterocycles. The highest BCUT2D eigenvalue weighted by Crippen LogP contribution is 2.25. The van der Waals surface area contributed by atoms with Gasteiger partial charge in [0.05, 0.1) is 11.3 Å². The van der Waals surface area contributed by atoms with Crippen molar-refractivity contribution in [1.82, 2.24) is 15.1 Å². The van der Waals surface area contributed by atoms with Gasteiger partial charge in [-0.15, -0.1) is 0 Å². The Balaban J connectivity index is 1.45. The van der Waals surface area contributed by atoms with Crippen LogP contribution in [-0.4, -0.2) is 29.4 Å². The maximum atomic E-state index is 12.5. The average molecular weight is 452 g/mol. The van der Waals surface area contributed by atoms with Crippen LogP contribution in [-0.2, 0) is 21.2 Å². The van der Waals surface area contributed by atoms with E-state index >= 15 is 0 Å². The Bertz CT molecular complexity index is 1410. The van der Waals surface area contributed by atoms with Gasteiger partial charge in [-0.2, -0.15) is 0 Å². The van der Waals surface area contributed by atoms with Gasteiger partial charge in [0.1, 0.15) is 5.69 Å². The van der Waals surface area contributed by atoms with Crippen molar-refractivity contribution in [3.8, 4) is 0 Å². The molecule has 2 aromatic carbocycles. The molecule has 2 N–H and O–H groups in total. The van der Waals surface area contributed by atoms with Crippen molar-refractivity contribution < 1.29 is 17.7 Å². The summed E-state index contributed by atoms with van der Waals surface area (Å²) in [5.41, 5.74) is 4.34. The Kier molecular flexibility index (Phi) is 5.62. The summed E-state index contributed by atoms with van der Waals surface area (Å²) in [7, 11) is -3.86. The fourth-order valence-electron chi connectivity index (χ4n) is 3.39. The molecule has 9 nitrogen and oxygen atoms in total. The largest absolute Gasteiger partial charge is 0.356 e. The fraction of sp³-hybridized carbons (Fsp3) is 0.182. The number of fused-ring (bicyclic) bond motifs is 1. The van der Waals surface area contributed by atoms with E-state index in [1.165, 1.54) is 30.5 Å². The lowest BCUT2D eigenvalue weighted by Crippen LogP contribution is -2.16. The van der Waals surface area contributed by atoms with E-state index in [-0.39, 0.29) is 23.2 Å². The monoisotopic (exact) mass is 451 g/mol. The zero-order chi connectivity index (χ0) is 22.9. The SMILES string of the molecule is Cc1cc(C)c2c(CC(=O)Nc3ccc(S(=O)(=O)Nc4nccc(C)n4)cc3)noc2c1. The molecular weight excluding hydrogens is 430 g/mol. The summed E-state index contributed by atoms with van der Waals surface area (Å²) in [5, 5.41) is 7.62. The van der Waals surface area contributed by atoms with Crippen LogP contribution in [0, 0.1) is 20.8 Å². The van der Waals surface area contributed by atoms with Gasteiger partial charge in [-0.3, -0.25) is 4.79 Å². The van der Waals surface area contributed by atoms with Gasteiger partial charge >= 0.3 is 0 Å². The molecule has 2 aromatic heterocycles. The number of sulfonamides is 1. The van der Waals surface area contributed by atoms with Crippen molar-refractivity contribution in [1.29, 1.82) is 0 Å². The first-order valence-electron chi connectivity index (χ1n) is 9.79. The van der Waals surface area contributed by atoms with E-state index in [1.54, 1.807) is 13.0 Å². The highest BCUT2D eigenvalue weighted by Gasteiger charge is 2.17. The molecule has 0 saturated carbocycles. The highest BCUT2D eigenvalue weighted by molar-refractivity contribution is 7.92. The number of aromatic nitrogens is 3. The average Bonchev–Trinajstić information content (AvgIpc) is 3.10. The summed E-state index contributed by atoms with van der Waals surface area (Å²) < 4.78 is 32.8. The van der Waals surface area contributed by atoms with E-state index in [4.69, 9.17) is 4.52 Å². The molecule has 1 amide bonds. The number of benzene rings is 2. The molecule has 0 unspecified atom stereocenters. The van der Waals surface area contributed by atoms with Crippen LogP contribution in [0.15, 0.2) is 58.1 Å². The van der Waals surface area contributed by atoms with Gasteiger partial charge in [-0.25, -0.2) is 23.1 Å². The van der Waals surface area contributed by atoms with E-state index in [9.17, 15) is 13.2 Å². The molecular formula is C22H21N5O4S. The number of carbonyl (C=O) groups excluding carboxylic acids is 1. The van der Waals surface area contributed by atoms with E-state index < -0.39 is 10.0 Å². The second kappa shape index (κ2) is 8.39. The lowest BCUT2D eigenvalue weighted by Gasteiger charge is -2.08. The van der Waals surface area contributed by atoms with Crippen LogP contribution in [0.2, 0.25) is 0 Å². The van der Waals surface area contributed by atoms with E-state index in [0.29, 0.717) is 22.7 Å². The second-order valence-corrected chi connectivity index (χ2v) is 9.14. The van der Waals surface area contributed by atoms with Crippen molar-refractivity contribution >= 4 is 38.5 Å². The van der Waals surface area contributed by atoms with E-state index in [1.807, 2.05) is 26.0 Å². The molecule has 0 atom stereocenters. The molecule has 0 aliphatic carbocycles. The lowest BCUT2D eigenvalue weighted by molar-refractivity contribution is -0.115. The smallest absolute Gasteiger partial charge is 0.264 e. The first kappa shape index (κ1) is 21.4. The first-order valence-corrected chi connectivity index (χ1v) is 11.3. The van der Waals surface area contributed by atoms with Crippen molar-refractivity contribution in [2.45, 2.75) is 32.1 Å². The summed E-state index contributed by atoms with van der Waals surface area (Å²) in [4.78, 5) is 20.5. The summed E-state index contributed by atoms with van der Waals surface area (Å²) in [6.07, 6.45) is 1.50. The number of nitrogens with one attached hydrogen (secondary N) is 2. The number of aryl methyl sites for hydroxylation is 3. The Hall–Kier alpha value is -3.79. The van der Waals surface area contributed by atoms with Gasteiger partial charge in [0, 0.05) is 23.0 Å². The van der Waals surface area contributed by atoms with Crippen LogP contribution in [0.5, 0.6) is 0 Å². The normalized spacial score (nSPS) is 11.5.